The van der Waals surface area contributed by atoms with Crippen molar-refractivity contribution in [2.75, 3.05) is 6.61 Å². The summed E-state index contributed by atoms with van der Waals surface area (Å²) in [6.07, 6.45) is 7.20. The third kappa shape index (κ3) is 2.84. The summed E-state index contributed by atoms with van der Waals surface area (Å²) in [6.45, 7) is 3.28. The molecule has 0 aromatic rings. The molecule has 0 heterocycles. The third-order valence-corrected chi connectivity index (χ3v) is 2.93. The molecule has 0 spiro atoms. The predicted octanol–water partition coefficient (Wildman–Crippen LogP) is 1.72. The highest BCUT2D eigenvalue weighted by atomic mass is 28.2. The Kier molecular flexibility index (Phi) is 4.06. The SMILES string of the molecule is C[SiH2]OCC1CCCCC1. The largest absolute Gasteiger partial charge is 0.424 e. The van der Waals surface area contributed by atoms with Crippen LogP contribution in [-0.4, -0.2) is 16.4 Å². The smallest absolute Gasteiger partial charge is 0.158 e. The van der Waals surface area contributed by atoms with Gasteiger partial charge in [0.15, 0.2) is 9.76 Å². The van der Waals surface area contributed by atoms with Crippen molar-refractivity contribution < 1.29 is 4.43 Å². The van der Waals surface area contributed by atoms with E-state index in [-0.39, 0.29) is 9.76 Å². The highest BCUT2D eigenvalue weighted by molar-refractivity contribution is 6.24. The lowest BCUT2D eigenvalue weighted by atomic mass is 9.90. The second kappa shape index (κ2) is 4.91. The van der Waals surface area contributed by atoms with E-state index >= 15 is 0 Å². The second-order valence-electron chi connectivity index (χ2n) is 3.16. The quantitative estimate of drug-likeness (QED) is 0.568. The number of rotatable bonds is 3. The molecule has 1 nitrogen and oxygen atoms in total. The Morgan fingerprint density at radius 3 is 2.60 bits per heavy atom. The van der Waals surface area contributed by atoms with E-state index in [1.54, 1.807) is 0 Å². The van der Waals surface area contributed by atoms with Gasteiger partial charge in [-0.2, -0.15) is 0 Å². The minimum atomic E-state index is -0.131. The summed E-state index contributed by atoms with van der Waals surface area (Å²) in [7, 11) is -0.131. The predicted molar refractivity (Wildman–Crippen MR) is 46.9 cm³/mol. The minimum Gasteiger partial charge on any atom is -0.424 e. The molecule has 1 rings (SSSR count). The van der Waals surface area contributed by atoms with Crippen LogP contribution in [0.1, 0.15) is 32.1 Å². The van der Waals surface area contributed by atoms with Gasteiger partial charge in [-0.25, -0.2) is 0 Å². The number of hydrogen-bond donors (Lipinski definition) is 0. The van der Waals surface area contributed by atoms with Crippen molar-refractivity contribution in [3.05, 3.63) is 0 Å². The summed E-state index contributed by atoms with van der Waals surface area (Å²) in [5.74, 6) is 0.918. The van der Waals surface area contributed by atoms with E-state index in [2.05, 4.69) is 6.55 Å². The van der Waals surface area contributed by atoms with Crippen LogP contribution in [0.15, 0.2) is 0 Å². The maximum atomic E-state index is 5.51. The molecule has 2 heteroatoms. The zero-order valence-corrected chi connectivity index (χ0v) is 8.35. The van der Waals surface area contributed by atoms with Crippen LogP contribution in [-0.2, 0) is 4.43 Å². The summed E-state index contributed by atoms with van der Waals surface area (Å²) in [5, 5.41) is 0. The fraction of sp³-hybridized carbons (Fsp3) is 1.00. The monoisotopic (exact) mass is 158 g/mol. The Hall–Kier alpha value is 0.177. The average molecular weight is 158 g/mol. The summed E-state index contributed by atoms with van der Waals surface area (Å²) >= 11 is 0. The molecule has 0 saturated heterocycles. The normalized spacial score (nSPS) is 22.5. The summed E-state index contributed by atoms with van der Waals surface area (Å²) in [6, 6.07) is 0. The van der Waals surface area contributed by atoms with Gasteiger partial charge in [-0.1, -0.05) is 25.8 Å². The van der Waals surface area contributed by atoms with Crippen LogP contribution in [0.5, 0.6) is 0 Å². The van der Waals surface area contributed by atoms with E-state index in [1.807, 2.05) is 0 Å². The first-order valence-corrected chi connectivity index (χ1v) is 6.50. The van der Waals surface area contributed by atoms with Gasteiger partial charge in [0, 0.05) is 6.61 Å². The molecule has 0 unspecified atom stereocenters. The molecule has 60 valence electrons. The van der Waals surface area contributed by atoms with Crippen LogP contribution < -0.4 is 0 Å². The lowest BCUT2D eigenvalue weighted by molar-refractivity contribution is 0.217. The van der Waals surface area contributed by atoms with Crippen molar-refractivity contribution >= 4 is 9.76 Å². The summed E-state index contributed by atoms with van der Waals surface area (Å²) < 4.78 is 5.51. The Morgan fingerprint density at radius 2 is 2.00 bits per heavy atom. The van der Waals surface area contributed by atoms with Gasteiger partial charge in [0.25, 0.3) is 0 Å². The van der Waals surface area contributed by atoms with Crippen molar-refractivity contribution in [2.24, 2.45) is 5.92 Å². The lowest BCUT2D eigenvalue weighted by Crippen LogP contribution is -2.13. The average Bonchev–Trinajstić information content (AvgIpc) is 2.03. The van der Waals surface area contributed by atoms with E-state index in [4.69, 9.17) is 4.43 Å². The molecule has 0 bridgehead atoms. The molecule has 0 aliphatic heterocycles. The van der Waals surface area contributed by atoms with Crippen LogP contribution in [0.2, 0.25) is 6.55 Å². The van der Waals surface area contributed by atoms with Gasteiger partial charge in [-0.3, -0.25) is 0 Å². The van der Waals surface area contributed by atoms with Crippen LogP contribution >= 0.6 is 0 Å². The Labute approximate surface area is 66.1 Å². The maximum absolute atomic E-state index is 5.51. The van der Waals surface area contributed by atoms with Crippen molar-refractivity contribution in [3.63, 3.8) is 0 Å². The van der Waals surface area contributed by atoms with Gasteiger partial charge in [-0.15, -0.1) is 0 Å². The lowest BCUT2D eigenvalue weighted by Gasteiger charge is -2.20. The fourth-order valence-electron chi connectivity index (χ4n) is 1.64. The molecule has 10 heavy (non-hydrogen) atoms. The van der Waals surface area contributed by atoms with Crippen LogP contribution in [0.3, 0.4) is 0 Å². The van der Waals surface area contributed by atoms with E-state index in [0.29, 0.717) is 0 Å². The molecule has 0 atom stereocenters. The van der Waals surface area contributed by atoms with Crippen LogP contribution in [0, 0.1) is 5.92 Å². The first-order chi connectivity index (χ1) is 4.93. The summed E-state index contributed by atoms with van der Waals surface area (Å²) in [4.78, 5) is 0. The van der Waals surface area contributed by atoms with Gasteiger partial charge in [0.05, 0.1) is 0 Å². The molecule has 1 fully saturated rings. The molecule has 0 N–H and O–H groups in total. The van der Waals surface area contributed by atoms with Crippen molar-refractivity contribution in [2.45, 2.75) is 38.7 Å². The van der Waals surface area contributed by atoms with Gasteiger partial charge in [0.2, 0.25) is 0 Å². The number of hydrogen-bond acceptors (Lipinski definition) is 1. The van der Waals surface area contributed by atoms with Crippen LogP contribution in [0.25, 0.3) is 0 Å². The van der Waals surface area contributed by atoms with Gasteiger partial charge in [0.1, 0.15) is 0 Å². The van der Waals surface area contributed by atoms with E-state index in [0.717, 1.165) is 12.5 Å². The minimum absolute atomic E-state index is 0.131. The highest BCUT2D eigenvalue weighted by Gasteiger charge is 2.12. The fourth-order valence-corrected chi connectivity index (χ4v) is 2.21. The zero-order valence-electron chi connectivity index (χ0n) is 6.94. The molecule has 0 radical (unpaired) electrons. The standard InChI is InChI=1S/C8H18OSi/c1-10-9-7-8-5-3-2-4-6-8/h8H,2-7,10H2,1H3. The van der Waals surface area contributed by atoms with Crippen LogP contribution in [0.4, 0.5) is 0 Å². The third-order valence-electron chi connectivity index (χ3n) is 2.28. The first-order valence-electron chi connectivity index (χ1n) is 4.51. The molecular formula is C8H18OSi. The Morgan fingerprint density at radius 1 is 1.30 bits per heavy atom. The second-order valence-corrected chi connectivity index (χ2v) is 4.15. The van der Waals surface area contributed by atoms with Gasteiger partial charge >= 0.3 is 0 Å². The topological polar surface area (TPSA) is 9.23 Å². The van der Waals surface area contributed by atoms with E-state index < -0.39 is 0 Å². The maximum Gasteiger partial charge on any atom is 0.158 e. The molecule has 0 amide bonds. The van der Waals surface area contributed by atoms with Crippen molar-refractivity contribution in [1.29, 1.82) is 0 Å². The van der Waals surface area contributed by atoms with E-state index in [9.17, 15) is 0 Å². The van der Waals surface area contributed by atoms with Crippen molar-refractivity contribution in [3.8, 4) is 0 Å². The zero-order chi connectivity index (χ0) is 7.23. The van der Waals surface area contributed by atoms with Gasteiger partial charge < -0.3 is 4.43 Å². The van der Waals surface area contributed by atoms with Crippen molar-refractivity contribution in [1.82, 2.24) is 0 Å². The molecule has 1 aliphatic rings. The molecule has 0 aromatic heterocycles. The molecule has 1 saturated carbocycles. The Balaban J connectivity index is 2.02. The van der Waals surface area contributed by atoms with Gasteiger partial charge in [-0.05, 0) is 18.8 Å². The first kappa shape index (κ1) is 8.28. The Bertz CT molecular complexity index is 79.3. The molecule has 1 aliphatic carbocycles. The highest BCUT2D eigenvalue weighted by Crippen LogP contribution is 2.23. The molecular weight excluding hydrogens is 140 g/mol. The van der Waals surface area contributed by atoms with E-state index in [1.165, 1.54) is 32.1 Å². The summed E-state index contributed by atoms with van der Waals surface area (Å²) in [5.41, 5.74) is 0. The molecule has 0 aromatic carbocycles.